The predicted octanol–water partition coefficient (Wildman–Crippen LogP) is 7.29. The Bertz CT molecular complexity index is 298. The smallest absolute Gasteiger partial charge is 0.168 e. The molecule has 0 saturated carbocycles. The highest BCUT2D eigenvalue weighted by molar-refractivity contribution is 4.77. The van der Waals surface area contributed by atoms with Gasteiger partial charge in [-0.25, -0.2) is 0 Å². The Hall–Kier alpha value is -0.380. The Morgan fingerprint density at radius 2 is 1.31 bits per heavy atom. The van der Waals surface area contributed by atoms with Crippen molar-refractivity contribution < 1.29 is 14.2 Å². The summed E-state index contributed by atoms with van der Waals surface area (Å²) in [5.74, 6) is -0.389. The van der Waals surface area contributed by atoms with Crippen LogP contribution in [0.3, 0.4) is 0 Å². The lowest BCUT2D eigenvalue weighted by Crippen LogP contribution is -2.37. The van der Waals surface area contributed by atoms with E-state index in [1.807, 2.05) is 13.2 Å². The monoisotopic (exact) mass is 372 g/mol. The highest BCUT2D eigenvalue weighted by Crippen LogP contribution is 2.31. The SMILES string of the molecule is C=CCC.CCCCCC(CCCC(C)(CCC)OC)(OCC)OCC. The minimum Gasteiger partial charge on any atom is -0.379 e. The van der Waals surface area contributed by atoms with Crippen LogP contribution >= 0.6 is 0 Å². The minimum absolute atomic E-state index is 0.0116. The van der Waals surface area contributed by atoms with E-state index in [9.17, 15) is 0 Å². The molecule has 0 aromatic carbocycles. The molecule has 0 aliphatic rings. The normalized spacial score (nSPS) is 13.7. The van der Waals surface area contributed by atoms with E-state index in [1.165, 1.54) is 19.3 Å². The number of methoxy groups -OCH3 is 1. The van der Waals surface area contributed by atoms with E-state index in [-0.39, 0.29) is 11.4 Å². The molecule has 0 aromatic heterocycles. The molecule has 3 nitrogen and oxygen atoms in total. The molecule has 0 bridgehead atoms. The maximum absolute atomic E-state index is 6.06. The van der Waals surface area contributed by atoms with Crippen LogP contribution in [-0.2, 0) is 14.2 Å². The van der Waals surface area contributed by atoms with Crippen LogP contribution in [0.15, 0.2) is 12.7 Å². The lowest BCUT2D eigenvalue weighted by atomic mass is 9.91. The van der Waals surface area contributed by atoms with Gasteiger partial charge in [0.25, 0.3) is 0 Å². The van der Waals surface area contributed by atoms with Gasteiger partial charge >= 0.3 is 0 Å². The molecule has 0 heterocycles. The Morgan fingerprint density at radius 1 is 0.769 bits per heavy atom. The second kappa shape index (κ2) is 18.0. The molecule has 1 atom stereocenters. The van der Waals surface area contributed by atoms with Gasteiger partial charge in [-0.15, -0.1) is 6.58 Å². The van der Waals surface area contributed by atoms with E-state index in [4.69, 9.17) is 14.2 Å². The van der Waals surface area contributed by atoms with E-state index in [0.29, 0.717) is 13.2 Å². The van der Waals surface area contributed by atoms with Crippen molar-refractivity contribution in [1.29, 1.82) is 0 Å². The summed E-state index contributed by atoms with van der Waals surface area (Å²) in [4.78, 5) is 0. The number of allylic oxidation sites excluding steroid dienone is 1. The van der Waals surface area contributed by atoms with Crippen LogP contribution in [0.4, 0.5) is 0 Å². The maximum atomic E-state index is 6.06. The summed E-state index contributed by atoms with van der Waals surface area (Å²) in [6.07, 6.45) is 13.0. The lowest BCUT2D eigenvalue weighted by molar-refractivity contribution is -0.242. The maximum Gasteiger partial charge on any atom is 0.168 e. The summed E-state index contributed by atoms with van der Waals surface area (Å²) in [5, 5.41) is 0. The predicted molar refractivity (Wildman–Crippen MR) is 115 cm³/mol. The summed E-state index contributed by atoms with van der Waals surface area (Å²) >= 11 is 0. The van der Waals surface area contributed by atoms with Crippen molar-refractivity contribution in [2.24, 2.45) is 0 Å². The Morgan fingerprint density at radius 3 is 1.69 bits per heavy atom. The van der Waals surface area contributed by atoms with Gasteiger partial charge in [0.1, 0.15) is 0 Å². The van der Waals surface area contributed by atoms with Crippen LogP contribution in [0.25, 0.3) is 0 Å². The molecule has 0 fully saturated rings. The van der Waals surface area contributed by atoms with Crippen molar-refractivity contribution >= 4 is 0 Å². The molecule has 0 rings (SSSR count). The second-order valence-electron chi connectivity index (χ2n) is 7.19. The van der Waals surface area contributed by atoms with Crippen LogP contribution in [0.1, 0.15) is 106 Å². The molecule has 0 aliphatic heterocycles. The number of ether oxygens (including phenoxy) is 3. The van der Waals surface area contributed by atoms with Crippen LogP contribution in [0, 0.1) is 0 Å². The van der Waals surface area contributed by atoms with Crippen molar-refractivity contribution in [3.05, 3.63) is 12.7 Å². The Kier molecular flexibility index (Phi) is 19.3. The molecule has 158 valence electrons. The quantitative estimate of drug-likeness (QED) is 0.162. The van der Waals surface area contributed by atoms with E-state index < -0.39 is 0 Å². The lowest BCUT2D eigenvalue weighted by Gasteiger charge is -2.35. The molecular formula is C23H48O3. The fourth-order valence-corrected chi connectivity index (χ4v) is 3.22. The summed E-state index contributed by atoms with van der Waals surface area (Å²) in [5.41, 5.74) is -0.0116. The number of hydrogen-bond donors (Lipinski definition) is 0. The van der Waals surface area contributed by atoms with E-state index >= 15 is 0 Å². The van der Waals surface area contributed by atoms with E-state index in [1.54, 1.807) is 0 Å². The Balaban J connectivity index is 0. The molecule has 1 unspecified atom stereocenters. The van der Waals surface area contributed by atoms with Crippen molar-refractivity contribution in [2.75, 3.05) is 20.3 Å². The number of hydrogen-bond acceptors (Lipinski definition) is 3. The van der Waals surface area contributed by atoms with Gasteiger partial charge in [-0.3, -0.25) is 0 Å². The summed E-state index contributed by atoms with van der Waals surface area (Å²) in [6.45, 7) is 17.8. The first-order valence-corrected chi connectivity index (χ1v) is 10.9. The standard InChI is InChI=1S/C19H40O3.C4H8/c1-7-11-12-16-19(21-9-3,22-10-4)17-13-15-18(5,20-6)14-8-2;1-3-4-2/h7-17H2,1-6H3;3H,1,4H2,2H3. The molecule has 0 saturated heterocycles. The van der Waals surface area contributed by atoms with Gasteiger partial charge < -0.3 is 14.2 Å². The van der Waals surface area contributed by atoms with Crippen LogP contribution in [0.5, 0.6) is 0 Å². The first-order valence-electron chi connectivity index (χ1n) is 10.9. The molecule has 0 radical (unpaired) electrons. The average Bonchev–Trinajstić information content (AvgIpc) is 2.63. The molecule has 0 N–H and O–H groups in total. The molecule has 26 heavy (non-hydrogen) atoms. The topological polar surface area (TPSA) is 27.7 Å². The minimum atomic E-state index is -0.389. The zero-order valence-electron chi connectivity index (χ0n) is 19.0. The van der Waals surface area contributed by atoms with Gasteiger partial charge in [-0.2, -0.15) is 0 Å². The zero-order chi connectivity index (χ0) is 20.3. The number of unbranched alkanes of at least 4 members (excludes halogenated alkanes) is 2. The highest BCUT2D eigenvalue weighted by Gasteiger charge is 2.32. The summed E-state index contributed by atoms with van der Waals surface area (Å²) < 4.78 is 17.9. The van der Waals surface area contributed by atoms with Gasteiger partial charge in [0.15, 0.2) is 5.79 Å². The molecule has 0 spiro atoms. The molecule has 0 aromatic rings. The van der Waals surface area contributed by atoms with Gasteiger partial charge in [0.05, 0.1) is 5.60 Å². The van der Waals surface area contributed by atoms with Gasteiger partial charge in [-0.1, -0.05) is 46.1 Å². The molecule has 0 amide bonds. The third-order valence-corrected chi connectivity index (χ3v) is 4.80. The van der Waals surface area contributed by atoms with Crippen LogP contribution < -0.4 is 0 Å². The molecule has 0 aliphatic carbocycles. The van der Waals surface area contributed by atoms with Crippen molar-refractivity contribution in [1.82, 2.24) is 0 Å². The largest absolute Gasteiger partial charge is 0.379 e. The van der Waals surface area contributed by atoms with Crippen molar-refractivity contribution in [2.45, 2.75) is 117 Å². The van der Waals surface area contributed by atoms with Gasteiger partial charge in [-0.05, 0) is 52.9 Å². The first-order chi connectivity index (χ1) is 12.4. The zero-order valence-corrected chi connectivity index (χ0v) is 19.0. The first kappa shape index (κ1) is 27.8. The highest BCUT2D eigenvalue weighted by atomic mass is 16.7. The summed E-state index contributed by atoms with van der Waals surface area (Å²) in [6, 6.07) is 0. The van der Waals surface area contributed by atoms with Crippen LogP contribution in [-0.4, -0.2) is 31.7 Å². The average molecular weight is 373 g/mol. The van der Waals surface area contributed by atoms with Crippen LogP contribution in [0.2, 0.25) is 0 Å². The Labute approximate surface area is 164 Å². The fraction of sp³-hybridized carbons (Fsp3) is 0.913. The summed E-state index contributed by atoms with van der Waals surface area (Å²) in [7, 11) is 1.83. The van der Waals surface area contributed by atoms with Gasteiger partial charge in [0, 0.05) is 33.2 Å². The molecule has 3 heteroatoms. The third-order valence-electron chi connectivity index (χ3n) is 4.80. The van der Waals surface area contributed by atoms with Crippen molar-refractivity contribution in [3.63, 3.8) is 0 Å². The third kappa shape index (κ3) is 13.8. The van der Waals surface area contributed by atoms with Gasteiger partial charge in [0.2, 0.25) is 0 Å². The molecular weight excluding hydrogens is 324 g/mol. The van der Waals surface area contributed by atoms with E-state index in [0.717, 1.165) is 44.9 Å². The van der Waals surface area contributed by atoms with E-state index in [2.05, 4.69) is 48.1 Å². The fourth-order valence-electron chi connectivity index (χ4n) is 3.22. The number of rotatable bonds is 16. The second-order valence-corrected chi connectivity index (χ2v) is 7.19. The van der Waals surface area contributed by atoms with Crippen molar-refractivity contribution in [3.8, 4) is 0 Å².